The van der Waals surface area contributed by atoms with Gasteiger partial charge in [0.05, 0.1) is 4.70 Å². The first-order valence-electron chi connectivity index (χ1n) is 5.59. The summed E-state index contributed by atoms with van der Waals surface area (Å²) in [6.45, 7) is 0. The molecule has 4 aromatic rings. The van der Waals surface area contributed by atoms with Crippen molar-refractivity contribution >= 4 is 43.2 Å². The molecule has 0 aliphatic heterocycles. The highest BCUT2D eigenvalue weighted by Gasteiger charge is 2.08. The van der Waals surface area contributed by atoms with Gasteiger partial charge in [-0.25, -0.2) is 0 Å². The van der Waals surface area contributed by atoms with Crippen LogP contribution in [0.15, 0.2) is 54.7 Å². The Balaban J connectivity index is 2.48. The van der Waals surface area contributed by atoms with Gasteiger partial charge in [0.2, 0.25) is 0 Å². The molecule has 0 spiro atoms. The van der Waals surface area contributed by atoms with Gasteiger partial charge in [0.15, 0.2) is 0 Å². The Bertz CT molecular complexity index is 775. The topological polar surface area (TPSA) is 12.9 Å². The van der Waals surface area contributed by atoms with Crippen LogP contribution >= 0.6 is 11.5 Å². The number of fused-ring (bicyclic) bond motifs is 6. The fourth-order valence-electron chi connectivity index (χ4n) is 2.49. The van der Waals surface area contributed by atoms with Crippen LogP contribution in [0.3, 0.4) is 0 Å². The molecule has 80 valence electrons. The molecule has 0 amide bonds. The number of hydrogen-bond donors (Lipinski definition) is 0. The molecule has 0 saturated heterocycles. The molecule has 0 saturated carbocycles. The Morgan fingerprint density at radius 2 is 1.18 bits per heavy atom. The van der Waals surface area contributed by atoms with Gasteiger partial charge in [-0.2, -0.15) is 4.37 Å². The third-order valence-corrected chi connectivity index (χ3v) is 4.08. The number of rotatable bonds is 0. The van der Waals surface area contributed by atoms with Crippen molar-refractivity contribution in [1.29, 1.82) is 0 Å². The van der Waals surface area contributed by atoms with Crippen LogP contribution in [0.5, 0.6) is 0 Å². The molecule has 1 nitrogen and oxygen atoms in total. The normalized spacial score (nSPS) is 11.5. The highest BCUT2D eigenvalue weighted by atomic mass is 32.1. The lowest BCUT2D eigenvalue weighted by atomic mass is 9.99. The van der Waals surface area contributed by atoms with Gasteiger partial charge in [0.25, 0.3) is 0 Å². The van der Waals surface area contributed by atoms with Crippen LogP contribution < -0.4 is 0 Å². The van der Waals surface area contributed by atoms with E-state index in [2.05, 4.69) is 52.9 Å². The van der Waals surface area contributed by atoms with Crippen molar-refractivity contribution in [2.75, 3.05) is 0 Å². The Kier molecular flexibility index (Phi) is 1.76. The molecule has 4 rings (SSSR count). The quantitative estimate of drug-likeness (QED) is 0.406. The van der Waals surface area contributed by atoms with Crippen molar-refractivity contribution in [2.45, 2.75) is 0 Å². The zero-order valence-corrected chi connectivity index (χ0v) is 9.87. The smallest absolute Gasteiger partial charge is 0.0634 e. The minimum atomic E-state index is 1.27. The SMILES string of the molecule is c1ccc2c(c1)c1ccccc1c1sncc21. The van der Waals surface area contributed by atoms with E-state index in [1.54, 1.807) is 11.5 Å². The Labute approximate surface area is 102 Å². The average molecular weight is 235 g/mol. The molecule has 1 heterocycles. The lowest BCUT2D eigenvalue weighted by molar-refractivity contribution is 1.61. The molecular weight excluding hydrogens is 226 g/mol. The molecule has 0 bridgehead atoms. The molecule has 0 fully saturated rings. The second kappa shape index (κ2) is 3.28. The van der Waals surface area contributed by atoms with E-state index in [1.807, 2.05) is 6.20 Å². The lowest BCUT2D eigenvalue weighted by Crippen LogP contribution is -1.78. The van der Waals surface area contributed by atoms with Crippen LogP contribution in [0, 0.1) is 0 Å². The van der Waals surface area contributed by atoms with Crippen LogP contribution in [0.2, 0.25) is 0 Å². The van der Waals surface area contributed by atoms with Gasteiger partial charge < -0.3 is 0 Å². The molecule has 0 aliphatic carbocycles. The van der Waals surface area contributed by atoms with Crippen molar-refractivity contribution in [3.63, 3.8) is 0 Å². The first-order valence-corrected chi connectivity index (χ1v) is 6.36. The Morgan fingerprint density at radius 1 is 0.647 bits per heavy atom. The van der Waals surface area contributed by atoms with Gasteiger partial charge in [-0.15, -0.1) is 0 Å². The van der Waals surface area contributed by atoms with E-state index < -0.39 is 0 Å². The molecule has 0 radical (unpaired) electrons. The van der Waals surface area contributed by atoms with Gasteiger partial charge in [0, 0.05) is 17.0 Å². The van der Waals surface area contributed by atoms with Crippen LogP contribution in [0.25, 0.3) is 31.6 Å². The lowest BCUT2D eigenvalue weighted by Gasteiger charge is -2.05. The third kappa shape index (κ3) is 1.16. The molecule has 3 aromatic carbocycles. The number of benzene rings is 3. The first-order chi connectivity index (χ1) is 8.45. The number of aromatic nitrogens is 1. The van der Waals surface area contributed by atoms with Gasteiger partial charge in [-0.1, -0.05) is 48.5 Å². The maximum absolute atomic E-state index is 4.34. The second-order valence-electron chi connectivity index (χ2n) is 4.16. The van der Waals surface area contributed by atoms with E-state index in [9.17, 15) is 0 Å². The zero-order chi connectivity index (χ0) is 11.2. The minimum Gasteiger partial charge on any atom is -0.200 e. The third-order valence-electron chi connectivity index (χ3n) is 3.25. The summed E-state index contributed by atoms with van der Waals surface area (Å²) < 4.78 is 5.63. The molecular formula is C15H9NS. The number of hydrogen-bond acceptors (Lipinski definition) is 2. The summed E-state index contributed by atoms with van der Waals surface area (Å²) in [5.74, 6) is 0. The molecule has 0 unspecified atom stereocenters. The largest absolute Gasteiger partial charge is 0.200 e. The highest BCUT2D eigenvalue weighted by molar-refractivity contribution is 7.14. The van der Waals surface area contributed by atoms with E-state index in [4.69, 9.17) is 0 Å². The minimum absolute atomic E-state index is 1.27. The molecule has 1 aromatic heterocycles. The molecule has 0 aliphatic rings. The summed E-state index contributed by atoms with van der Waals surface area (Å²) in [5, 5.41) is 6.51. The average Bonchev–Trinajstić information content (AvgIpc) is 2.89. The van der Waals surface area contributed by atoms with Gasteiger partial charge in [0.1, 0.15) is 0 Å². The number of nitrogens with zero attached hydrogens (tertiary/aromatic N) is 1. The van der Waals surface area contributed by atoms with E-state index in [1.165, 1.54) is 31.6 Å². The van der Waals surface area contributed by atoms with E-state index >= 15 is 0 Å². The zero-order valence-electron chi connectivity index (χ0n) is 9.05. The van der Waals surface area contributed by atoms with Gasteiger partial charge in [-0.3, -0.25) is 0 Å². The van der Waals surface area contributed by atoms with Crippen LogP contribution in [0.1, 0.15) is 0 Å². The molecule has 0 N–H and O–H groups in total. The van der Waals surface area contributed by atoms with Crippen molar-refractivity contribution in [3.8, 4) is 0 Å². The standard InChI is InChI=1S/C15H9NS/c1-2-7-12-10(5-1)11-6-3-4-8-13(11)15-14(12)9-16-17-15/h1-9H. The predicted octanol–water partition coefficient (Wildman–Crippen LogP) is 4.60. The van der Waals surface area contributed by atoms with Crippen molar-refractivity contribution in [3.05, 3.63) is 54.7 Å². The molecule has 2 heteroatoms. The van der Waals surface area contributed by atoms with Crippen molar-refractivity contribution < 1.29 is 0 Å². The van der Waals surface area contributed by atoms with Crippen LogP contribution in [0.4, 0.5) is 0 Å². The monoisotopic (exact) mass is 235 g/mol. The molecule has 0 atom stereocenters. The predicted molar refractivity (Wildman–Crippen MR) is 74.6 cm³/mol. The van der Waals surface area contributed by atoms with E-state index in [0.29, 0.717) is 0 Å². The van der Waals surface area contributed by atoms with Crippen LogP contribution in [-0.4, -0.2) is 4.37 Å². The summed E-state index contributed by atoms with van der Waals surface area (Å²) in [7, 11) is 0. The van der Waals surface area contributed by atoms with Crippen molar-refractivity contribution in [2.24, 2.45) is 0 Å². The highest BCUT2D eigenvalue weighted by Crippen LogP contribution is 2.36. The van der Waals surface area contributed by atoms with E-state index in [-0.39, 0.29) is 0 Å². The van der Waals surface area contributed by atoms with Gasteiger partial charge in [-0.05, 0) is 27.7 Å². The summed E-state index contributed by atoms with van der Waals surface area (Å²) >= 11 is 1.58. The Hall–Kier alpha value is -1.93. The summed E-state index contributed by atoms with van der Waals surface area (Å²) in [6.07, 6.45) is 1.98. The van der Waals surface area contributed by atoms with Crippen molar-refractivity contribution in [1.82, 2.24) is 4.37 Å². The van der Waals surface area contributed by atoms with Gasteiger partial charge >= 0.3 is 0 Å². The van der Waals surface area contributed by atoms with Crippen LogP contribution in [-0.2, 0) is 0 Å². The maximum Gasteiger partial charge on any atom is 0.0634 e. The fraction of sp³-hybridized carbons (Fsp3) is 0. The van der Waals surface area contributed by atoms with E-state index in [0.717, 1.165) is 0 Å². The molecule has 17 heavy (non-hydrogen) atoms. The summed E-state index contributed by atoms with van der Waals surface area (Å²) in [4.78, 5) is 0. The maximum atomic E-state index is 4.34. The fourth-order valence-corrected chi connectivity index (χ4v) is 3.30. The second-order valence-corrected chi connectivity index (χ2v) is 4.96. The first kappa shape index (κ1) is 9.14. The summed E-state index contributed by atoms with van der Waals surface area (Å²) in [6, 6.07) is 17.1. The Morgan fingerprint density at radius 3 is 1.88 bits per heavy atom. The summed E-state index contributed by atoms with van der Waals surface area (Å²) in [5.41, 5.74) is 0.